The van der Waals surface area contributed by atoms with E-state index < -0.39 is 6.04 Å². The maximum atomic E-state index is 13.3. The summed E-state index contributed by atoms with van der Waals surface area (Å²) in [5.41, 5.74) is 2.28. The van der Waals surface area contributed by atoms with Crippen LogP contribution < -0.4 is 9.88 Å². The predicted octanol–water partition coefficient (Wildman–Crippen LogP) is 3.66. The lowest BCUT2D eigenvalue weighted by Crippen LogP contribution is -2.51. The lowest BCUT2D eigenvalue weighted by Gasteiger charge is -2.15. The van der Waals surface area contributed by atoms with Crippen LogP contribution in [0.3, 0.4) is 0 Å². The van der Waals surface area contributed by atoms with E-state index in [0.29, 0.717) is 27.7 Å². The Balaban J connectivity index is 1.90. The first kappa shape index (κ1) is 20.1. The molecule has 1 unspecified atom stereocenters. The molecule has 0 fully saturated rings. The van der Waals surface area contributed by atoms with Gasteiger partial charge in [0.2, 0.25) is 5.78 Å². The molecule has 2 N–H and O–H groups in total. The zero-order valence-electron chi connectivity index (χ0n) is 15.1. The average Bonchev–Trinajstić information content (AvgIpc) is 2.74. The smallest absolute Gasteiger partial charge is 0.270 e. The zero-order chi connectivity index (χ0) is 19.9. The van der Waals surface area contributed by atoms with Crippen molar-refractivity contribution in [1.82, 2.24) is 5.32 Å². The van der Waals surface area contributed by atoms with Crippen LogP contribution >= 0.6 is 23.8 Å². The summed E-state index contributed by atoms with van der Waals surface area (Å²) in [6, 6.07) is 19.4. The fourth-order valence-corrected chi connectivity index (χ4v) is 3.27. The number of halogens is 1. The van der Waals surface area contributed by atoms with Crippen molar-refractivity contribution in [3.63, 3.8) is 0 Å². The summed E-state index contributed by atoms with van der Waals surface area (Å²) in [5, 5.41) is 13.2. The van der Waals surface area contributed by atoms with Crippen LogP contribution in [-0.4, -0.2) is 15.9 Å². The number of aliphatic hydroxyl groups is 1. The first-order chi connectivity index (χ1) is 13.6. The number of carbonyl (C=O) groups excluding carboxylic acids is 1. The van der Waals surface area contributed by atoms with Crippen molar-refractivity contribution in [3.05, 3.63) is 101 Å². The topological polar surface area (TPSA) is 53.2 Å². The zero-order valence-corrected chi connectivity index (χ0v) is 16.7. The summed E-state index contributed by atoms with van der Waals surface area (Å²) in [6.07, 6.45) is 3.50. The van der Waals surface area contributed by atoms with Gasteiger partial charge in [0.25, 0.3) is 6.04 Å². The molecule has 4 nitrogen and oxygen atoms in total. The number of pyridine rings is 1. The van der Waals surface area contributed by atoms with E-state index in [-0.39, 0.29) is 12.4 Å². The number of nitrogens with zero attached hydrogens (tertiary/aromatic N) is 1. The highest BCUT2D eigenvalue weighted by Gasteiger charge is 2.33. The van der Waals surface area contributed by atoms with E-state index in [1.165, 1.54) is 0 Å². The van der Waals surface area contributed by atoms with Gasteiger partial charge < -0.3 is 10.4 Å². The lowest BCUT2D eigenvalue weighted by atomic mass is 10.0. The Hall–Kier alpha value is -2.60. The second-order valence-electron chi connectivity index (χ2n) is 6.29. The summed E-state index contributed by atoms with van der Waals surface area (Å²) in [6.45, 7) is 0.400. The van der Waals surface area contributed by atoms with Crippen LogP contribution in [0.5, 0.6) is 0 Å². The molecule has 0 spiro atoms. The van der Waals surface area contributed by atoms with Crippen LogP contribution in [0.1, 0.15) is 27.5 Å². The van der Waals surface area contributed by atoms with Gasteiger partial charge >= 0.3 is 0 Å². The molecule has 0 aliphatic heterocycles. The fraction of sp³-hybridized carbons (Fsp3) is 0.136. The van der Waals surface area contributed by atoms with E-state index in [1.807, 2.05) is 30.3 Å². The molecule has 0 aliphatic rings. The molecular weight excluding hydrogens is 392 g/mol. The number of Topliss-reactive ketones (excluding diaryl/α,β-unsaturated/α-hetero) is 1. The molecule has 0 saturated heterocycles. The number of hydrogen-bond acceptors (Lipinski definition) is 3. The summed E-state index contributed by atoms with van der Waals surface area (Å²) in [7, 11) is 0. The van der Waals surface area contributed by atoms with Gasteiger partial charge in [0.15, 0.2) is 17.4 Å². The number of rotatable bonds is 7. The van der Waals surface area contributed by atoms with E-state index in [9.17, 15) is 9.90 Å². The minimum Gasteiger partial charge on any atom is -0.391 e. The normalized spacial score (nSPS) is 11.6. The highest BCUT2D eigenvalue weighted by molar-refractivity contribution is 7.80. The molecule has 3 rings (SSSR count). The second-order valence-corrected chi connectivity index (χ2v) is 7.17. The number of carbonyl (C=O) groups is 1. The van der Waals surface area contributed by atoms with Gasteiger partial charge in [-0.15, -0.1) is 0 Å². The SMILES string of the molecule is O=C(c1ccc(Cl)cc1)C(C(=S)NCc1ccccc1)[n+]1cccc(CO)c1. The van der Waals surface area contributed by atoms with Gasteiger partial charge in [-0.05, 0) is 35.9 Å². The molecule has 0 saturated carbocycles. The third-order valence-electron chi connectivity index (χ3n) is 4.30. The maximum Gasteiger partial charge on any atom is 0.270 e. The molecule has 0 aliphatic carbocycles. The van der Waals surface area contributed by atoms with Crippen LogP contribution in [0.2, 0.25) is 5.02 Å². The summed E-state index contributed by atoms with van der Waals surface area (Å²) in [4.78, 5) is 13.7. The molecule has 1 aromatic heterocycles. The van der Waals surface area contributed by atoms with Crippen LogP contribution in [0.4, 0.5) is 0 Å². The van der Waals surface area contributed by atoms with Crippen molar-refractivity contribution < 1.29 is 14.5 Å². The molecule has 1 atom stereocenters. The first-order valence-corrected chi connectivity index (χ1v) is 9.59. The van der Waals surface area contributed by atoms with Gasteiger partial charge in [-0.3, -0.25) is 4.79 Å². The third kappa shape index (κ3) is 5.01. The van der Waals surface area contributed by atoms with E-state index in [2.05, 4.69) is 5.32 Å². The second kappa shape index (κ2) is 9.55. The Kier molecular flexibility index (Phi) is 6.87. The summed E-state index contributed by atoms with van der Waals surface area (Å²) >= 11 is 11.5. The lowest BCUT2D eigenvalue weighted by molar-refractivity contribution is -0.692. The van der Waals surface area contributed by atoms with Crippen molar-refractivity contribution in [2.45, 2.75) is 19.2 Å². The quantitative estimate of drug-likeness (QED) is 0.354. The standard InChI is InChI=1S/C22H19ClN2O2S/c23-19-10-8-18(9-11-19)21(27)20(25-12-4-7-17(14-25)15-26)22(28)24-13-16-5-2-1-3-6-16/h1-12,14,20,26H,13,15H2/p+1. The van der Waals surface area contributed by atoms with Crippen molar-refractivity contribution in [3.8, 4) is 0 Å². The van der Waals surface area contributed by atoms with Crippen molar-refractivity contribution in [1.29, 1.82) is 0 Å². The van der Waals surface area contributed by atoms with Crippen LogP contribution in [-0.2, 0) is 13.2 Å². The number of thiocarbonyl (C=S) groups is 1. The largest absolute Gasteiger partial charge is 0.391 e. The number of hydrogen-bond donors (Lipinski definition) is 2. The monoisotopic (exact) mass is 411 g/mol. The Bertz CT molecular complexity index is 962. The van der Waals surface area contributed by atoms with Crippen LogP contribution in [0.25, 0.3) is 0 Å². The number of aromatic nitrogens is 1. The highest BCUT2D eigenvalue weighted by Crippen LogP contribution is 2.15. The van der Waals surface area contributed by atoms with Gasteiger partial charge in [-0.2, -0.15) is 4.57 Å². The Morgan fingerprint density at radius 1 is 1.04 bits per heavy atom. The number of aliphatic hydroxyl groups excluding tert-OH is 1. The molecule has 142 valence electrons. The Labute approximate surface area is 174 Å². The fourth-order valence-electron chi connectivity index (χ4n) is 2.84. The summed E-state index contributed by atoms with van der Waals surface area (Å²) < 4.78 is 1.73. The van der Waals surface area contributed by atoms with E-state index >= 15 is 0 Å². The molecule has 6 heteroatoms. The number of nitrogens with one attached hydrogen (secondary N) is 1. The van der Waals surface area contributed by atoms with E-state index in [4.69, 9.17) is 23.8 Å². The minimum absolute atomic E-state index is 0.118. The van der Waals surface area contributed by atoms with Gasteiger partial charge in [-0.25, -0.2) is 0 Å². The number of ketones is 1. The van der Waals surface area contributed by atoms with Crippen molar-refractivity contribution in [2.24, 2.45) is 0 Å². The first-order valence-electron chi connectivity index (χ1n) is 8.80. The predicted molar refractivity (Wildman–Crippen MR) is 113 cm³/mol. The molecular formula is C22H20ClN2O2S+. The minimum atomic E-state index is -0.730. The maximum absolute atomic E-state index is 13.3. The molecule has 0 bridgehead atoms. The van der Waals surface area contributed by atoms with Crippen molar-refractivity contribution >= 4 is 34.6 Å². The Morgan fingerprint density at radius 3 is 2.39 bits per heavy atom. The molecule has 0 amide bonds. The Morgan fingerprint density at radius 2 is 1.71 bits per heavy atom. The highest BCUT2D eigenvalue weighted by atomic mass is 35.5. The van der Waals surface area contributed by atoms with Gasteiger partial charge in [0, 0.05) is 28.8 Å². The van der Waals surface area contributed by atoms with Gasteiger partial charge in [0.05, 0.1) is 6.61 Å². The third-order valence-corrected chi connectivity index (χ3v) is 4.92. The molecule has 28 heavy (non-hydrogen) atoms. The number of benzene rings is 2. The molecule has 1 heterocycles. The summed E-state index contributed by atoms with van der Waals surface area (Å²) in [5.74, 6) is -0.151. The van der Waals surface area contributed by atoms with Gasteiger partial charge in [-0.1, -0.05) is 54.2 Å². The average molecular weight is 412 g/mol. The molecule has 3 aromatic rings. The van der Waals surface area contributed by atoms with Crippen LogP contribution in [0, 0.1) is 0 Å². The van der Waals surface area contributed by atoms with Gasteiger partial charge in [0.1, 0.15) is 0 Å². The molecule has 0 radical (unpaired) electrons. The van der Waals surface area contributed by atoms with Crippen molar-refractivity contribution in [2.75, 3.05) is 0 Å². The van der Waals surface area contributed by atoms with Crippen LogP contribution in [0.15, 0.2) is 79.1 Å². The molecule has 2 aromatic carbocycles. The van der Waals surface area contributed by atoms with E-state index in [1.54, 1.807) is 53.4 Å². The van der Waals surface area contributed by atoms with E-state index in [0.717, 1.165) is 5.56 Å².